The van der Waals surface area contributed by atoms with E-state index in [-0.39, 0.29) is 17.5 Å². The number of hydrogen-bond donors (Lipinski definition) is 1. The van der Waals surface area contributed by atoms with E-state index in [2.05, 4.69) is 38.1 Å². The number of ketones is 2. The van der Waals surface area contributed by atoms with Crippen LogP contribution in [0, 0.1) is 24.2 Å². The summed E-state index contributed by atoms with van der Waals surface area (Å²) in [5, 5.41) is 11.6. The lowest BCUT2D eigenvalue weighted by Gasteiger charge is -2.54. The van der Waals surface area contributed by atoms with E-state index in [4.69, 9.17) is 0 Å². The summed E-state index contributed by atoms with van der Waals surface area (Å²) in [5.74, 6) is 1.10. The second-order valence-corrected chi connectivity index (χ2v) is 10.4. The van der Waals surface area contributed by atoms with Gasteiger partial charge in [-0.3, -0.25) is 9.59 Å². The molecule has 2 fully saturated rings. The summed E-state index contributed by atoms with van der Waals surface area (Å²) in [7, 11) is 0. The Morgan fingerprint density at radius 2 is 1.83 bits per heavy atom. The van der Waals surface area contributed by atoms with Crippen LogP contribution in [0.1, 0.15) is 75.8 Å². The third-order valence-corrected chi connectivity index (χ3v) is 8.95. The molecule has 5 rings (SSSR count). The van der Waals surface area contributed by atoms with Gasteiger partial charge in [-0.2, -0.15) is 0 Å². The van der Waals surface area contributed by atoms with Crippen LogP contribution in [0.2, 0.25) is 0 Å². The number of allylic oxidation sites excluding steroid dienone is 4. The standard InChI is InChI=1S/C27H32O3/c1-16-4-6-18(7-5-16)23-15-26(3)24(12-13-27(26,30)17(2)28)22-10-8-19-14-20(29)9-11-21(19)25(22)23/h4-7,14,22-24,30H,8-13,15H2,1-3H3/t22?,23-,24?,26+,27+/m1/s1. The first-order valence-electron chi connectivity index (χ1n) is 11.5. The normalized spacial score (nSPS) is 37.9. The third-order valence-electron chi connectivity index (χ3n) is 8.95. The summed E-state index contributed by atoms with van der Waals surface area (Å²) in [6.45, 7) is 5.84. The van der Waals surface area contributed by atoms with Gasteiger partial charge < -0.3 is 5.11 Å². The third kappa shape index (κ3) is 2.67. The zero-order chi connectivity index (χ0) is 21.3. The van der Waals surface area contributed by atoms with E-state index < -0.39 is 11.0 Å². The molecule has 5 atom stereocenters. The Kier molecular flexibility index (Phi) is 4.49. The molecule has 30 heavy (non-hydrogen) atoms. The van der Waals surface area contributed by atoms with Gasteiger partial charge in [-0.15, -0.1) is 0 Å². The van der Waals surface area contributed by atoms with E-state index in [1.807, 2.05) is 6.08 Å². The molecular weight excluding hydrogens is 372 g/mol. The molecule has 0 saturated heterocycles. The summed E-state index contributed by atoms with van der Waals surface area (Å²) in [4.78, 5) is 24.7. The van der Waals surface area contributed by atoms with Crippen molar-refractivity contribution in [3.8, 4) is 0 Å². The zero-order valence-corrected chi connectivity index (χ0v) is 18.3. The van der Waals surface area contributed by atoms with Gasteiger partial charge in [-0.1, -0.05) is 42.3 Å². The Labute approximate surface area is 179 Å². The van der Waals surface area contributed by atoms with Crippen LogP contribution >= 0.6 is 0 Å². The highest BCUT2D eigenvalue weighted by molar-refractivity contribution is 5.93. The second kappa shape index (κ2) is 6.75. The summed E-state index contributed by atoms with van der Waals surface area (Å²) in [6, 6.07) is 8.78. The van der Waals surface area contributed by atoms with Crippen molar-refractivity contribution in [2.45, 2.75) is 77.2 Å². The predicted octanol–water partition coefficient (Wildman–Crippen LogP) is 5.21. The Morgan fingerprint density at radius 3 is 2.53 bits per heavy atom. The van der Waals surface area contributed by atoms with E-state index in [1.165, 1.54) is 27.8 Å². The smallest absolute Gasteiger partial charge is 0.161 e. The first-order chi connectivity index (χ1) is 14.2. The number of fused-ring (bicyclic) bond motifs is 4. The molecule has 1 N–H and O–H groups in total. The minimum Gasteiger partial charge on any atom is -0.382 e. The number of rotatable bonds is 2. The molecule has 2 saturated carbocycles. The van der Waals surface area contributed by atoms with Crippen molar-refractivity contribution in [2.24, 2.45) is 17.3 Å². The molecule has 1 aromatic carbocycles. The molecule has 2 unspecified atom stereocenters. The summed E-state index contributed by atoms with van der Waals surface area (Å²) < 4.78 is 0. The van der Waals surface area contributed by atoms with Crippen molar-refractivity contribution >= 4 is 11.6 Å². The lowest BCUT2D eigenvalue weighted by Crippen LogP contribution is -2.55. The van der Waals surface area contributed by atoms with Gasteiger partial charge in [0.05, 0.1) is 0 Å². The largest absolute Gasteiger partial charge is 0.382 e. The van der Waals surface area contributed by atoms with Gasteiger partial charge in [0.2, 0.25) is 0 Å². The molecule has 0 spiro atoms. The number of aryl methyl sites for hydroxylation is 1. The Hall–Kier alpha value is -2.00. The van der Waals surface area contributed by atoms with E-state index in [1.54, 1.807) is 6.92 Å². The monoisotopic (exact) mass is 404 g/mol. The highest BCUT2D eigenvalue weighted by Gasteiger charge is 2.64. The Bertz CT molecular complexity index is 982. The first kappa shape index (κ1) is 19.9. The van der Waals surface area contributed by atoms with E-state index in [0.717, 1.165) is 32.1 Å². The highest BCUT2D eigenvalue weighted by Crippen LogP contribution is 2.66. The molecule has 4 aliphatic rings. The van der Waals surface area contributed by atoms with Gasteiger partial charge >= 0.3 is 0 Å². The van der Waals surface area contributed by atoms with Gasteiger partial charge in [0, 0.05) is 17.8 Å². The van der Waals surface area contributed by atoms with Gasteiger partial charge in [0.25, 0.3) is 0 Å². The minimum absolute atomic E-state index is 0.0779. The Morgan fingerprint density at radius 1 is 1.10 bits per heavy atom. The second-order valence-electron chi connectivity index (χ2n) is 10.4. The Balaban J connectivity index is 1.70. The molecule has 1 aromatic rings. The molecule has 3 heteroatoms. The van der Waals surface area contributed by atoms with Crippen LogP contribution in [-0.4, -0.2) is 22.3 Å². The van der Waals surface area contributed by atoms with Gasteiger partial charge in [0.15, 0.2) is 11.6 Å². The predicted molar refractivity (Wildman–Crippen MR) is 117 cm³/mol. The zero-order valence-electron chi connectivity index (χ0n) is 18.3. The fraction of sp³-hybridized carbons (Fsp3) is 0.556. The van der Waals surface area contributed by atoms with E-state index in [9.17, 15) is 14.7 Å². The van der Waals surface area contributed by atoms with Crippen molar-refractivity contribution in [2.75, 3.05) is 0 Å². The molecule has 0 bridgehead atoms. The number of benzene rings is 1. The number of aliphatic hydroxyl groups is 1. The van der Waals surface area contributed by atoms with Crippen LogP contribution in [0.4, 0.5) is 0 Å². The summed E-state index contributed by atoms with van der Waals surface area (Å²) in [5.41, 5.74) is 5.06. The SMILES string of the molecule is CC(=O)[C@@]1(O)CCC2C3CCC4=CC(=O)CCC4=C3[C@@H](c3ccc(C)cc3)C[C@@]21C. The van der Waals surface area contributed by atoms with Gasteiger partial charge in [-0.25, -0.2) is 0 Å². The number of carbonyl (C=O) groups is 2. The molecule has 158 valence electrons. The van der Waals surface area contributed by atoms with Crippen LogP contribution in [0.5, 0.6) is 0 Å². The van der Waals surface area contributed by atoms with Crippen LogP contribution in [0.3, 0.4) is 0 Å². The molecule has 0 radical (unpaired) electrons. The van der Waals surface area contributed by atoms with Crippen LogP contribution < -0.4 is 0 Å². The maximum absolute atomic E-state index is 12.6. The van der Waals surface area contributed by atoms with Crippen molar-refractivity contribution in [3.05, 3.63) is 58.2 Å². The van der Waals surface area contributed by atoms with E-state index >= 15 is 0 Å². The van der Waals surface area contributed by atoms with Crippen LogP contribution in [0.15, 0.2) is 47.1 Å². The molecule has 4 aliphatic carbocycles. The van der Waals surface area contributed by atoms with Crippen molar-refractivity contribution in [3.63, 3.8) is 0 Å². The number of carbonyl (C=O) groups excluding carboxylic acids is 2. The first-order valence-corrected chi connectivity index (χ1v) is 11.5. The number of hydrogen-bond acceptors (Lipinski definition) is 3. The highest BCUT2D eigenvalue weighted by atomic mass is 16.3. The minimum atomic E-state index is -1.23. The average Bonchev–Trinajstić information content (AvgIpc) is 2.99. The van der Waals surface area contributed by atoms with Crippen LogP contribution in [0.25, 0.3) is 0 Å². The lowest BCUT2D eigenvalue weighted by molar-refractivity contribution is -0.152. The maximum Gasteiger partial charge on any atom is 0.161 e. The molecule has 3 nitrogen and oxygen atoms in total. The summed E-state index contributed by atoms with van der Waals surface area (Å²) in [6.07, 6.45) is 7.59. The molecule has 0 heterocycles. The number of Topliss-reactive ketones (excluding diaryl/α,β-unsaturated/α-hetero) is 1. The lowest BCUT2D eigenvalue weighted by atomic mass is 9.51. The molecular formula is C27H32O3. The van der Waals surface area contributed by atoms with Crippen molar-refractivity contribution < 1.29 is 14.7 Å². The van der Waals surface area contributed by atoms with Crippen LogP contribution in [-0.2, 0) is 9.59 Å². The van der Waals surface area contributed by atoms with Gasteiger partial charge in [0.1, 0.15) is 5.60 Å². The molecule has 0 aliphatic heterocycles. The van der Waals surface area contributed by atoms with Crippen molar-refractivity contribution in [1.29, 1.82) is 0 Å². The molecule has 0 aromatic heterocycles. The topological polar surface area (TPSA) is 54.4 Å². The fourth-order valence-corrected chi connectivity index (χ4v) is 7.34. The maximum atomic E-state index is 12.6. The average molecular weight is 405 g/mol. The fourth-order valence-electron chi connectivity index (χ4n) is 7.34. The molecule has 0 amide bonds. The summed E-state index contributed by atoms with van der Waals surface area (Å²) >= 11 is 0. The quantitative estimate of drug-likeness (QED) is 0.736. The van der Waals surface area contributed by atoms with E-state index in [0.29, 0.717) is 24.7 Å². The van der Waals surface area contributed by atoms with Crippen molar-refractivity contribution in [1.82, 2.24) is 0 Å². The van der Waals surface area contributed by atoms with Gasteiger partial charge in [-0.05, 0) is 87.0 Å².